The van der Waals surface area contributed by atoms with Crippen LogP contribution in [0.1, 0.15) is 39.2 Å². The topological polar surface area (TPSA) is 67.9 Å². The average Bonchev–Trinajstić information content (AvgIpc) is 3.17. The lowest BCUT2D eigenvalue weighted by atomic mass is 9.71. The molecule has 0 radical (unpaired) electrons. The van der Waals surface area contributed by atoms with Crippen molar-refractivity contribution in [1.29, 1.82) is 0 Å². The Morgan fingerprint density at radius 2 is 1.74 bits per heavy atom. The molecule has 1 saturated heterocycles. The Bertz CT molecular complexity index is 1090. The van der Waals surface area contributed by atoms with Crippen LogP contribution in [0.15, 0.2) is 53.3 Å². The molecule has 0 unspecified atom stereocenters. The summed E-state index contributed by atoms with van der Waals surface area (Å²) in [5.74, 6) is -0.138. The molecule has 5 heterocycles. The number of nitrogens with zero attached hydrogens (tertiary/aromatic N) is 1. The molecule has 0 aromatic heterocycles. The van der Waals surface area contributed by atoms with Gasteiger partial charge >= 0.3 is 0 Å². The summed E-state index contributed by atoms with van der Waals surface area (Å²) in [5, 5.41) is 3.24. The first kappa shape index (κ1) is 24.3. The van der Waals surface area contributed by atoms with Gasteiger partial charge in [-0.25, -0.2) is 0 Å². The summed E-state index contributed by atoms with van der Waals surface area (Å²) < 4.78 is 12.6. The van der Waals surface area contributed by atoms with E-state index in [1.54, 1.807) is 7.11 Å². The highest BCUT2D eigenvalue weighted by Gasteiger charge is 2.57. The number of nitrogens with one attached hydrogen (secondary N) is 1. The highest BCUT2D eigenvalue weighted by atomic mass is 28.4. The first-order chi connectivity index (χ1) is 16.5. The molecule has 6 nitrogen and oxygen atoms in total. The smallest absolute Gasteiger partial charge is 0.233 e. The van der Waals surface area contributed by atoms with E-state index in [1.165, 1.54) is 16.7 Å². The molecule has 0 saturated carbocycles. The van der Waals surface area contributed by atoms with Crippen molar-refractivity contribution in [2.24, 2.45) is 11.8 Å². The normalized spacial score (nSPS) is 30.2. The summed E-state index contributed by atoms with van der Waals surface area (Å²) in [6.07, 6.45) is 4.35. The number of ether oxygens (including phenoxy) is 1. The van der Waals surface area contributed by atoms with Crippen LogP contribution in [-0.4, -0.2) is 56.9 Å². The van der Waals surface area contributed by atoms with Gasteiger partial charge in [0, 0.05) is 6.54 Å². The number of carbonyl (C=O) groups is 2. The summed E-state index contributed by atoms with van der Waals surface area (Å²) in [7, 11) is -0.342. The molecule has 1 N–H and O–H groups in total. The number of methoxy groups -OCH3 is 1. The minimum absolute atomic E-state index is 0.0399. The summed E-state index contributed by atoms with van der Waals surface area (Å²) in [4.78, 5) is 29.3. The van der Waals surface area contributed by atoms with E-state index in [4.69, 9.17) is 9.16 Å². The van der Waals surface area contributed by atoms with E-state index in [-0.39, 0.29) is 41.0 Å². The van der Waals surface area contributed by atoms with Gasteiger partial charge < -0.3 is 19.4 Å². The third-order valence-corrected chi connectivity index (χ3v) is 13.4. The maximum atomic E-state index is 14.0. The van der Waals surface area contributed by atoms with Crippen molar-refractivity contribution in [3.63, 3.8) is 0 Å². The summed E-state index contributed by atoms with van der Waals surface area (Å²) >= 11 is 0. The second-order valence-electron chi connectivity index (χ2n) is 11.9. The second-order valence-corrected chi connectivity index (χ2v) is 16.7. The van der Waals surface area contributed by atoms with Crippen LogP contribution in [0.3, 0.4) is 0 Å². The maximum absolute atomic E-state index is 14.0. The van der Waals surface area contributed by atoms with Gasteiger partial charge in [-0.2, -0.15) is 0 Å². The molecular weight excluding hydrogens is 456 g/mol. The van der Waals surface area contributed by atoms with E-state index in [2.05, 4.69) is 51.3 Å². The molecule has 188 valence electrons. The van der Waals surface area contributed by atoms with E-state index in [0.717, 1.165) is 19.3 Å². The zero-order valence-corrected chi connectivity index (χ0v) is 22.8. The van der Waals surface area contributed by atoms with Gasteiger partial charge in [0.15, 0.2) is 8.32 Å². The van der Waals surface area contributed by atoms with Gasteiger partial charge in [0.25, 0.3) is 0 Å². The van der Waals surface area contributed by atoms with Crippen LogP contribution in [0.4, 0.5) is 0 Å². The molecule has 5 aliphatic heterocycles. The largest absolute Gasteiger partial charge is 0.500 e. The Labute approximate surface area is 209 Å². The Balaban J connectivity index is 1.50. The summed E-state index contributed by atoms with van der Waals surface area (Å²) in [5.41, 5.74) is 3.62. The first-order valence-corrected chi connectivity index (χ1v) is 15.7. The molecule has 0 spiro atoms. The predicted octanol–water partition coefficient (Wildman–Crippen LogP) is 4.20. The standard InChI is InChI=1S/C28H38N2O4Si/c1-28(2,3)35(5,6)34-18-14-19-20(15-18)25-24-22(33-4)16-21(29-26(24)31)23(19)27(32)30(25)13-12-17-10-8-7-9-11-17/h7-11,16,18,21,23-25H,12-15H2,1-6H3,(H,29,31)/t18-,21-,23-,24+,25+/m1/s1. The molecule has 7 aliphatic rings. The number of benzene rings is 1. The highest BCUT2D eigenvalue weighted by molar-refractivity contribution is 6.74. The van der Waals surface area contributed by atoms with Crippen LogP contribution >= 0.6 is 0 Å². The molecule has 7 heteroatoms. The van der Waals surface area contributed by atoms with Crippen molar-refractivity contribution >= 4 is 20.1 Å². The monoisotopic (exact) mass is 494 g/mol. The lowest BCUT2D eigenvalue weighted by molar-refractivity contribution is -0.145. The second kappa shape index (κ2) is 8.63. The zero-order valence-electron chi connectivity index (χ0n) is 21.8. The van der Waals surface area contributed by atoms with Crippen molar-refractivity contribution in [3.8, 4) is 0 Å². The third-order valence-electron chi connectivity index (χ3n) is 8.83. The molecule has 2 amide bonds. The highest BCUT2D eigenvalue weighted by Crippen LogP contribution is 2.50. The van der Waals surface area contributed by atoms with E-state index in [1.807, 2.05) is 29.2 Å². The molecule has 1 aromatic rings. The number of amides is 2. The number of carbonyl (C=O) groups excluding carboxylic acids is 2. The van der Waals surface area contributed by atoms with Gasteiger partial charge in [-0.05, 0) is 54.6 Å². The van der Waals surface area contributed by atoms with Crippen LogP contribution in [0.25, 0.3) is 0 Å². The third kappa shape index (κ3) is 4.06. The van der Waals surface area contributed by atoms with E-state index in [9.17, 15) is 9.59 Å². The van der Waals surface area contributed by atoms with Crippen molar-refractivity contribution in [2.75, 3.05) is 13.7 Å². The van der Waals surface area contributed by atoms with Crippen molar-refractivity contribution < 1.29 is 18.8 Å². The number of rotatable bonds is 6. The minimum atomic E-state index is -1.97. The van der Waals surface area contributed by atoms with Crippen LogP contribution in [-0.2, 0) is 25.2 Å². The Morgan fingerprint density at radius 3 is 2.40 bits per heavy atom. The molecule has 8 rings (SSSR count). The van der Waals surface area contributed by atoms with Crippen LogP contribution < -0.4 is 5.32 Å². The fraction of sp³-hybridized carbons (Fsp3) is 0.571. The Kier molecular flexibility index (Phi) is 5.99. The summed E-state index contributed by atoms with van der Waals surface area (Å²) in [6.45, 7) is 11.9. The minimum Gasteiger partial charge on any atom is -0.500 e. The lowest BCUT2D eigenvalue weighted by Gasteiger charge is -2.50. The van der Waals surface area contributed by atoms with Gasteiger partial charge in [-0.3, -0.25) is 9.59 Å². The van der Waals surface area contributed by atoms with E-state index < -0.39 is 14.2 Å². The molecule has 1 fully saturated rings. The maximum Gasteiger partial charge on any atom is 0.233 e. The zero-order chi connectivity index (χ0) is 25.1. The first-order valence-electron chi connectivity index (χ1n) is 12.8. The van der Waals surface area contributed by atoms with Crippen LogP contribution in [0, 0.1) is 11.8 Å². The molecule has 4 bridgehead atoms. The van der Waals surface area contributed by atoms with Gasteiger partial charge in [0.1, 0.15) is 11.7 Å². The molecule has 35 heavy (non-hydrogen) atoms. The van der Waals surface area contributed by atoms with Crippen LogP contribution in [0.5, 0.6) is 0 Å². The average molecular weight is 495 g/mol. The Hall–Kier alpha value is -2.38. The van der Waals surface area contributed by atoms with Gasteiger partial charge in [0.2, 0.25) is 11.8 Å². The lowest BCUT2D eigenvalue weighted by Crippen LogP contribution is -2.65. The quantitative estimate of drug-likeness (QED) is 0.476. The molecular formula is C28H38N2O4Si. The van der Waals surface area contributed by atoms with E-state index in [0.29, 0.717) is 12.3 Å². The number of hydrogen-bond donors (Lipinski definition) is 1. The fourth-order valence-corrected chi connectivity index (χ4v) is 7.42. The summed E-state index contributed by atoms with van der Waals surface area (Å²) in [6, 6.07) is 9.54. The van der Waals surface area contributed by atoms with Crippen molar-refractivity contribution in [2.45, 2.75) is 76.4 Å². The van der Waals surface area contributed by atoms with Crippen molar-refractivity contribution in [3.05, 3.63) is 58.9 Å². The van der Waals surface area contributed by atoms with Crippen LogP contribution in [0.2, 0.25) is 18.1 Å². The van der Waals surface area contributed by atoms with Gasteiger partial charge in [-0.15, -0.1) is 0 Å². The molecule has 1 aromatic carbocycles. The van der Waals surface area contributed by atoms with Gasteiger partial charge in [0.05, 0.1) is 31.2 Å². The van der Waals surface area contributed by atoms with Crippen molar-refractivity contribution in [1.82, 2.24) is 10.2 Å². The van der Waals surface area contributed by atoms with E-state index >= 15 is 0 Å². The Morgan fingerprint density at radius 1 is 1.06 bits per heavy atom. The molecule has 5 atom stereocenters. The molecule has 2 aliphatic carbocycles. The SMILES string of the molecule is COC1=C[C@H]2NC(=O)[C@@H]1[C@@H]1C3=C(C[C@@H](O[Si](C)(C)C(C)(C)C)C3)[C@H]2C(=O)N1CCc1ccccc1. The fourth-order valence-electron chi connectivity index (χ4n) is 6.07. The van der Waals surface area contributed by atoms with Gasteiger partial charge in [-0.1, -0.05) is 56.7 Å². The predicted molar refractivity (Wildman–Crippen MR) is 138 cm³/mol. The number of hydrogen-bond acceptors (Lipinski definition) is 4.